The molecule has 0 bridgehead atoms. The van der Waals surface area contributed by atoms with Crippen molar-refractivity contribution in [3.05, 3.63) is 0 Å². The van der Waals surface area contributed by atoms with Crippen molar-refractivity contribution in [3.63, 3.8) is 0 Å². The third-order valence-electron chi connectivity index (χ3n) is 2.06. The maximum absolute atomic E-state index is 5.46. The van der Waals surface area contributed by atoms with Gasteiger partial charge < -0.3 is 15.0 Å². The molecule has 14 heavy (non-hydrogen) atoms. The van der Waals surface area contributed by atoms with Crippen LogP contribution in [0.25, 0.3) is 0 Å². The van der Waals surface area contributed by atoms with Crippen molar-refractivity contribution in [2.45, 2.75) is 20.8 Å². The van der Waals surface area contributed by atoms with Crippen LogP contribution in [-0.4, -0.2) is 50.8 Å². The molecule has 0 spiro atoms. The molecule has 0 aliphatic carbocycles. The van der Waals surface area contributed by atoms with E-state index in [0.717, 1.165) is 26.2 Å². The fraction of sp³-hybridized carbons (Fsp3) is 0.900. The number of amidine groups is 1. The summed E-state index contributed by atoms with van der Waals surface area (Å²) >= 11 is 0. The van der Waals surface area contributed by atoms with E-state index in [1.807, 2.05) is 14.0 Å². The molecule has 0 unspecified atom stereocenters. The normalized spacial score (nSPS) is 11.9. The highest BCUT2D eigenvalue weighted by Crippen LogP contribution is 1.87. The number of nitrogens with one attached hydrogen (secondary N) is 1. The predicted octanol–water partition coefficient (Wildman–Crippen LogP) is 0.940. The Hall–Kier alpha value is -0.770. The lowest BCUT2D eigenvalue weighted by Gasteiger charge is -2.18. The van der Waals surface area contributed by atoms with Gasteiger partial charge in [-0.15, -0.1) is 0 Å². The van der Waals surface area contributed by atoms with Crippen LogP contribution in [0.3, 0.4) is 0 Å². The molecule has 0 aromatic heterocycles. The molecule has 0 aromatic carbocycles. The molecule has 4 nitrogen and oxygen atoms in total. The average molecular weight is 201 g/mol. The van der Waals surface area contributed by atoms with Gasteiger partial charge in [-0.25, -0.2) is 4.99 Å². The van der Waals surface area contributed by atoms with E-state index in [0.29, 0.717) is 12.6 Å². The van der Waals surface area contributed by atoms with Gasteiger partial charge in [0.2, 0.25) is 0 Å². The minimum Gasteiger partial charge on any atom is -0.464 e. The molecule has 0 radical (unpaired) electrons. The highest BCUT2D eigenvalue weighted by atomic mass is 16.5. The van der Waals surface area contributed by atoms with E-state index in [1.165, 1.54) is 0 Å². The first-order valence-electron chi connectivity index (χ1n) is 5.35. The van der Waals surface area contributed by atoms with E-state index in [-0.39, 0.29) is 0 Å². The number of likely N-dealkylation sites (N-methyl/N-ethyl adjacent to an activating group) is 1. The van der Waals surface area contributed by atoms with Crippen molar-refractivity contribution in [1.82, 2.24) is 10.2 Å². The second-order valence-electron chi connectivity index (χ2n) is 2.90. The van der Waals surface area contributed by atoms with Crippen LogP contribution in [0.5, 0.6) is 0 Å². The van der Waals surface area contributed by atoms with E-state index >= 15 is 0 Å². The van der Waals surface area contributed by atoms with Gasteiger partial charge in [0.05, 0.1) is 0 Å². The third-order valence-corrected chi connectivity index (χ3v) is 2.06. The Kier molecular flexibility index (Phi) is 8.33. The first kappa shape index (κ1) is 13.2. The van der Waals surface area contributed by atoms with Crippen molar-refractivity contribution in [2.24, 2.45) is 4.99 Å². The molecular formula is C10H23N3O. The third kappa shape index (κ3) is 5.80. The fourth-order valence-corrected chi connectivity index (χ4v) is 1.15. The van der Waals surface area contributed by atoms with Crippen LogP contribution < -0.4 is 5.32 Å². The van der Waals surface area contributed by atoms with Gasteiger partial charge in [-0.2, -0.15) is 0 Å². The van der Waals surface area contributed by atoms with Crippen LogP contribution >= 0.6 is 0 Å². The van der Waals surface area contributed by atoms with Crippen molar-refractivity contribution in [2.75, 3.05) is 39.8 Å². The maximum Gasteiger partial charge on any atom is 0.284 e. The van der Waals surface area contributed by atoms with Crippen LogP contribution in [0, 0.1) is 0 Å². The van der Waals surface area contributed by atoms with Crippen LogP contribution in [-0.2, 0) is 4.74 Å². The molecule has 0 rings (SSSR count). The summed E-state index contributed by atoms with van der Waals surface area (Å²) in [7, 11) is 1.83. The molecule has 0 heterocycles. The lowest BCUT2D eigenvalue weighted by Crippen LogP contribution is -2.30. The Balaban J connectivity index is 3.65. The zero-order valence-corrected chi connectivity index (χ0v) is 9.84. The Morgan fingerprint density at radius 1 is 1.29 bits per heavy atom. The Morgan fingerprint density at radius 2 is 1.93 bits per heavy atom. The van der Waals surface area contributed by atoms with Gasteiger partial charge in [0.25, 0.3) is 6.02 Å². The van der Waals surface area contributed by atoms with Crippen molar-refractivity contribution < 1.29 is 4.74 Å². The summed E-state index contributed by atoms with van der Waals surface area (Å²) in [6.07, 6.45) is 0. The highest BCUT2D eigenvalue weighted by molar-refractivity contribution is 5.73. The number of nitrogens with zero attached hydrogens (tertiary/aromatic N) is 2. The van der Waals surface area contributed by atoms with Crippen molar-refractivity contribution >= 4 is 6.02 Å². The van der Waals surface area contributed by atoms with E-state index in [4.69, 9.17) is 4.74 Å². The van der Waals surface area contributed by atoms with Gasteiger partial charge in [0, 0.05) is 20.1 Å². The SMILES string of the molecule is CC/N=C(\NC)OCCN(CC)CC. The molecule has 84 valence electrons. The number of hydrogen-bond donors (Lipinski definition) is 1. The van der Waals surface area contributed by atoms with Crippen LogP contribution in [0.2, 0.25) is 0 Å². The molecule has 0 aromatic rings. The first-order chi connectivity index (χ1) is 6.78. The Morgan fingerprint density at radius 3 is 2.36 bits per heavy atom. The number of aliphatic imine (C=N–C) groups is 1. The van der Waals surface area contributed by atoms with E-state index in [2.05, 4.69) is 29.1 Å². The first-order valence-corrected chi connectivity index (χ1v) is 5.35. The smallest absolute Gasteiger partial charge is 0.284 e. The van der Waals surface area contributed by atoms with E-state index < -0.39 is 0 Å². The summed E-state index contributed by atoms with van der Waals surface area (Å²) in [5.74, 6) is 0. The van der Waals surface area contributed by atoms with Gasteiger partial charge in [-0.3, -0.25) is 0 Å². The van der Waals surface area contributed by atoms with Gasteiger partial charge >= 0.3 is 0 Å². The fourth-order valence-electron chi connectivity index (χ4n) is 1.15. The minimum absolute atomic E-state index is 0.639. The largest absolute Gasteiger partial charge is 0.464 e. The van der Waals surface area contributed by atoms with Gasteiger partial charge in [0.15, 0.2) is 0 Å². The van der Waals surface area contributed by atoms with Crippen LogP contribution in [0.15, 0.2) is 4.99 Å². The van der Waals surface area contributed by atoms with Crippen molar-refractivity contribution in [3.8, 4) is 0 Å². The molecule has 0 atom stereocenters. The van der Waals surface area contributed by atoms with Crippen molar-refractivity contribution in [1.29, 1.82) is 0 Å². The molecule has 1 N–H and O–H groups in total. The van der Waals surface area contributed by atoms with E-state index in [1.54, 1.807) is 0 Å². The quantitative estimate of drug-likeness (QED) is 0.513. The Labute approximate surface area is 87.3 Å². The molecule has 0 aliphatic heterocycles. The van der Waals surface area contributed by atoms with Crippen LogP contribution in [0.4, 0.5) is 0 Å². The summed E-state index contributed by atoms with van der Waals surface area (Å²) < 4.78 is 5.46. The molecule has 0 saturated heterocycles. The zero-order valence-electron chi connectivity index (χ0n) is 9.84. The molecular weight excluding hydrogens is 178 g/mol. The van der Waals surface area contributed by atoms with Gasteiger partial charge in [0.1, 0.15) is 6.61 Å². The predicted molar refractivity (Wildman–Crippen MR) is 60.8 cm³/mol. The standard InChI is InChI=1S/C10H23N3O/c1-5-12-10(11-4)14-9-8-13(6-2)7-3/h5-9H2,1-4H3,(H,11,12). The maximum atomic E-state index is 5.46. The van der Waals surface area contributed by atoms with Gasteiger partial charge in [-0.1, -0.05) is 13.8 Å². The molecule has 0 aliphatic rings. The minimum atomic E-state index is 0.639. The average Bonchev–Trinajstić information content (AvgIpc) is 2.23. The zero-order chi connectivity index (χ0) is 10.8. The summed E-state index contributed by atoms with van der Waals surface area (Å²) in [6, 6.07) is 0.639. The second kappa shape index (κ2) is 8.81. The molecule has 4 heteroatoms. The van der Waals surface area contributed by atoms with E-state index in [9.17, 15) is 0 Å². The number of ether oxygens (including phenoxy) is 1. The molecule has 0 saturated carbocycles. The molecule has 0 fully saturated rings. The summed E-state index contributed by atoms with van der Waals surface area (Å²) in [5.41, 5.74) is 0. The Bertz CT molecular complexity index is 155. The van der Waals surface area contributed by atoms with Gasteiger partial charge in [-0.05, 0) is 20.0 Å². The highest BCUT2D eigenvalue weighted by Gasteiger charge is 2.00. The van der Waals surface area contributed by atoms with Crippen LogP contribution in [0.1, 0.15) is 20.8 Å². The monoisotopic (exact) mass is 201 g/mol. The topological polar surface area (TPSA) is 36.9 Å². The summed E-state index contributed by atoms with van der Waals surface area (Å²) in [5, 5.41) is 2.92. The number of hydrogen-bond acceptors (Lipinski definition) is 3. The number of rotatable bonds is 6. The lowest BCUT2D eigenvalue weighted by atomic mass is 10.5. The second-order valence-corrected chi connectivity index (χ2v) is 2.90. The summed E-state index contributed by atoms with van der Waals surface area (Å²) in [6.45, 7) is 10.8. The lowest BCUT2D eigenvalue weighted by molar-refractivity contribution is 0.209. The summed E-state index contributed by atoms with van der Waals surface area (Å²) in [4.78, 5) is 6.47. The molecule has 0 amide bonds.